The molecule has 0 unspecified atom stereocenters. The number of hydrogen-bond acceptors (Lipinski definition) is 4. The number of halogens is 1. The number of carbonyl (C=O) groups excluding carboxylic acids is 1. The number of hydrogen-bond donors (Lipinski definition) is 2. The normalized spacial score (nSPS) is 15.9. The van der Waals surface area contributed by atoms with Crippen molar-refractivity contribution in [1.29, 1.82) is 0 Å². The molecule has 1 fully saturated rings. The fourth-order valence-electron chi connectivity index (χ4n) is 2.83. The van der Waals surface area contributed by atoms with Gasteiger partial charge in [-0.15, -0.1) is 0 Å². The summed E-state index contributed by atoms with van der Waals surface area (Å²) in [5.41, 5.74) is 0.327. The van der Waals surface area contributed by atoms with Crippen LogP contribution in [-0.4, -0.2) is 73.8 Å². The first-order valence-corrected chi connectivity index (χ1v) is 10.2. The van der Waals surface area contributed by atoms with Crippen LogP contribution < -0.4 is 10.6 Å². The van der Waals surface area contributed by atoms with E-state index >= 15 is 0 Å². The number of likely N-dealkylation sites (N-methyl/N-ethyl adjacent to an activating group) is 1. The van der Waals surface area contributed by atoms with Crippen molar-refractivity contribution in [2.45, 2.75) is 39.2 Å². The van der Waals surface area contributed by atoms with Crippen LogP contribution in [0.4, 0.5) is 14.9 Å². The molecule has 29 heavy (non-hydrogen) atoms. The van der Waals surface area contributed by atoms with Crippen LogP contribution in [-0.2, 0) is 4.74 Å². The van der Waals surface area contributed by atoms with E-state index in [0.29, 0.717) is 13.1 Å². The summed E-state index contributed by atoms with van der Waals surface area (Å²) in [5.74, 6) is 0.552. The Morgan fingerprint density at radius 1 is 1.14 bits per heavy atom. The summed E-state index contributed by atoms with van der Waals surface area (Å²) in [6.45, 7) is 10.5. The monoisotopic (exact) mass is 407 g/mol. The average molecular weight is 408 g/mol. The van der Waals surface area contributed by atoms with Gasteiger partial charge >= 0.3 is 6.09 Å². The smallest absolute Gasteiger partial charge is 0.407 e. The Kier molecular flexibility index (Phi) is 8.70. The van der Waals surface area contributed by atoms with Gasteiger partial charge in [0.25, 0.3) is 0 Å². The summed E-state index contributed by atoms with van der Waals surface area (Å²) in [5, 5.41) is 6.09. The molecule has 7 nitrogen and oxygen atoms in total. The molecule has 1 aliphatic heterocycles. The van der Waals surface area contributed by atoms with Gasteiger partial charge in [-0.05, 0) is 64.9 Å². The summed E-state index contributed by atoms with van der Waals surface area (Å²) >= 11 is 0. The number of piperazine rings is 1. The lowest BCUT2D eigenvalue weighted by atomic mass is 10.2. The first kappa shape index (κ1) is 22.9. The molecule has 0 bridgehead atoms. The average Bonchev–Trinajstić information content (AvgIpc) is 2.64. The van der Waals surface area contributed by atoms with E-state index in [2.05, 4.69) is 27.5 Å². The standard InChI is InChI=1S/C21H34FN5O2/c1-21(2,3)29-20(28)24-12-6-5-11-23-19(27-15-13-26(4)14-16-27)25-18-9-7-17(22)8-10-18/h7-10H,5-6,11-16H2,1-4H3,(H,23,25)(H,24,28). The van der Waals surface area contributed by atoms with E-state index in [9.17, 15) is 9.18 Å². The van der Waals surface area contributed by atoms with E-state index in [-0.39, 0.29) is 5.82 Å². The third kappa shape index (κ3) is 9.13. The van der Waals surface area contributed by atoms with Crippen molar-refractivity contribution >= 4 is 17.7 Å². The van der Waals surface area contributed by atoms with Crippen LogP contribution in [0, 0.1) is 5.82 Å². The minimum Gasteiger partial charge on any atom is -0.444 e. The molecule has 0 aliphatic carbocycles. The van der Waals surface area contributed by atoms with Crippen LogP contribution in [0.25, 0.3) is 0 Å². The van der Waals surface area contributed by atoms with E-state index in [0.717, 1.165) is 50.7 Å². The zero-order chi connectivity index (χ0) is 21.3. The molecule has 1 aromatic rings. The Hall–Kier alpha value is -2.35. The van der Waals surface area contributed by atoms with Crippen LogP contribution in [0.1, 0.15) is 33.6 Å². The molecule has 2 rings (SSSR count). The van der Waals surface area contributed by atoms with Gasteiger partial charge in [-0.2, -0.15) is 0 Å². The summed E-state index contributed by atoms with van der Waals surface area (Å²) in [7, 11) is 2.11. The summed E-state index contributed by atoms with van der Waals surface area (Å²) < 4.78 is 18.4. The van der Waals surface area contributed by atoms with Crippen molar-refractivity contribution < 1.29 is 13.9 Å². The largest absolute Gasteiger partial charge is 0.444 e. The molecule has 8 heteroatoms. The highest BCUT2D eigenvalue weighted by Crippen LogP contribution is 2.11. The summed E-state index contributed by atoms with van der Waals surface area (Å²) in [6, 6.07) is 6.30. The molecule has 0 radical (unpaired) electrons. The predicted octanol–water partition coefficient (Wildman–Crippen LogP) is 3.15. The fraction of sp³-hybridized carbons (Fsp3) is 0.619. The van der Waals surface area contributed by atoms with Gasteiger partial charge in [-0.3, -0.25) is 4.99 Å². The predicted molar refractivity (Wildman–Crippen MR) is 115 cm³/mol. The zero-order valence-electron chi connectivity index (χ0n) is 18.0. The molecule has 2 N–H and O–H groups in total. The maximum absolute atomic E-state index is 13.2. The number of rotatable bonds is 6. The van der Waals surface area contributed by atoms with Crippen LogP contribution in [0.2, 0.25) is 0 Å². The van der Waals surface area contributed by atoms with Crippen molar-refractivity contribution in [1.82, 2.24) is 15.1 Å². The SMILES string of the molecule is CN1CCN(C(=NCCCCNC(=O)OC(C)(C)C)Nc2ccc(F)cc2)CC1. The summed E-state index contributed by atoms with van der Waals surface area (Å²) in [6.07, 6.45) is 1.27. The van der Waals surface area contributed by atoms with Crippen LogP contribution >= 0.6 is 0 Å². The first-order valence-electron chi connectivity index (χ1n) is 10.2. The third-order valence-electron chi connectivity index (χ3n) is 4.42. The number of alkyl carbamates (subject to hydrolysis) is 1. The van der Waals surface area contributed by atoms with E-state index in [4.69, 9.17) is 9.73 Å². The molecule has 162 valence electrons. The van der Waals surface area contributed by atoms with Crippen LogP contribution in [0.3, 0.4) is 0 Å². The fourth-order valence-corrected chi connectivity index (χ4v) is 2.83. The van der Waals surface area contributed by atoms with Gasteiger partial charge in [0.15, 0.2) is 5.96 Å². The maximum Gasteiger partial charge on any atom is 0.407 e. The molecular weight excluding hydrogens is 373 g/mol. The molecule has 1 aromatic carbocycles. The maximum atomic E-state index is 13.2. The molecule has 1 saturated heterocycles. The number of nitrogens with one attached hydrogen (secondary N) is 2. The second-order valence-electron chi connectivity index (χ2n) is 8.26. The van der Waals surface area contributed by atoms with Crippen molar-refractivity contribution in [2.75, 3.05) is 51.6 Å². The van der Waals surface area contributed by atoms with Gasteiger partial charge in [0.05, 0.1) is 0 Å². The molecule has 0 spiro atoms. The second kappa shape index (κ2) is 11.0. The number of carbonyl (C=O) groups is 1. The number of benzene rings is 1. The molecule has 1 aliphatic rings. The molecule has 0 aromatic heterocycles. The Morgan fingerprint density at radius 3 is 2.41 bits per heavy atom. The quantitative estimate of drug-likeness (QED) is 0.431. The van der Waals surface area contributed by atoms with Crippen LogP contribution in [0.5, 0.6) is 0 Å². The topological polar surface area (TPSA) is 69.2 Å². The highest BCUT2D eigenvalue weighted by Gasteiger charge is 2.18. The minimum absolute atomic E-state index is 0.258. The zero-order valence-corrected chi connectivity index (χ0v) is 18.0. The Balaban J connectivity index is 1.83. The van der Waals surface area contributed by atoms with Gasteiger partial charge in [0.2, 0.25) is 0 Å². The Labute approximate surface area is 173 Å². The third-order valence-corrected chi connectivity index (χ3v) is 4.42. The van der Waals surface area contributed by atoms with E-state index in [1.807, 2.05) is 20.8 Å². The van der Waals surface area contributed by atoms with Gasteiger partial charge in [-0.1, -0.05) is 0 Å². The lowest BCUT2D eigenvalue weighted by molar-refractivity contribution is 0.0527. The number of unbranched alkanes of at least 4 members (excludes halogenated alkanes) is 1. The second-order valence-corrected chi connectivity index (χ2v) is 8.26. The number of ether oxygens (including phenoxy) is 1. The lowest BCUT2D eigenvalue weighted by Gasteiger charge is -2.34. The highest BCUT2D eigenvalue weighted by molar-refractivity contribution is 5.93. The molecule has 1 amide bonds. The minimum atomic E-state index is -0.488. The first-order chi connectivity index (χ1) is 13.7. The Bertz CT molecular complexity index is 665. The van der Waals surface area contributed by atoms with Crippen LogP contribution in [0.15, 0.2) is 29.3 Å². The van der Waals surface area contributed by atoms with E-state index in [1.165, 1.54) is 12.1 Å². The van der Waals surface area contributed by atoms with Crippen molar-refractivity contribution in [3.8, 4) is 0 Å². The number of amides is 1. The molecule has 1 heterocycles. The number of nitrogens with zero attached hydrogens (tertiary/aromatic N) is 3. The number of aliphatic imine (C=N–C) groups is 1. The van der Waals surface area contributed by atoms with Crippen molar-refractivity contribution in [3.63, 3.8) is 0 Å². The van der Waals surface area contributed by atoms with E-state index < -0.39 is 11.7 Å². The number of anilines is 1. The van der Waals surface area contributed by atoms with Gasteiger partial charge in [0.1, 0.15) is 11.4 Å². The van der Waals surface area contributed by atoms with Gasteiger partial charge in [-0.25, -0.2) is 9.18 Å². The van der Waals surface area contributed by atoms with Crippen molar-refractivity contribution in [2.24, 2.45) is 4.99 Å². The summed E-state index contributed by atoms with van der Waals surface area (Å²) in [4.78, 5) is 20.9. The molecule has 0 saturated carbocycles. The molecule has 0 atom stereocenters. The van der Waals surface area contributed by atoms with Gasteiger partial charge in [0, 0.05) is 45.0 Å². The molecular formula is C21H34FN5O2. The lowest BCUT2D eigenvalue weighted by Crippen LogP contribution is -2.49. The van der Waals surface area contributed by atoms with Crippen molar-refractivity contribution in [3.05, 3.63) is 30.1 Å². The Morgan fingerprint density at radius 2 is 1.79 bits per heavy atom. The highest BCUT2D eigenvalue weighted by atomic mass is 19.1. The number of guanidine groups is 1. The van der Waals surface area contributed by atoms with Gasteiger partial charge < -0.3 is 25.2 Å². The van der Waals surface area contributed by atoms with E-state index in [1.54, 1.807) is 12.1 Å².